The lowest BCUT2D eigenvalue weighted by molar-refractivity contribution is -0.135. The van der Waals surface area contributed by atoms with E-state index in [0.29, 0.717) is 0 Å². The number of aryl methyl sites for hydroxylation is 2. The number of rotatable bonds is 6. The Bertz CT molecular complexity index is 744. The molecule has 1 saturated heterocycles. The van der Waals surface area contributed by atoms with E-state index in [-0.39, 0.29) is 37.0 Å². The van der Waals surface area contributed by atoms with Gasteiger partial charge >= 0.3 is 6.01 Å². The number of hydrogen-bond acceptors (Lipinski definition) is 5. The summed E-state index contributed by atoms with van der Waals surface area (Å²) in [6.45, 7) is 6.72. The molecule has 0 unspecified atom stereocenters. The van der Waals surface area contributed by atoms with E-state index in [0.717, 1.165) is 43.9 Å². The van der Waals surface area contributed by atoms with Gasteiger partial charge in [-0.05, 0) is 38.3 Å². The number of halogens is 1. The van der Waals surface area contributed by atoms with Crippen LogP contribution in [0.25, 0.3) is 0 Å². The molecule has 0 saturated carbocycles. The topological polar surface area (TPSA) is 58.6 Å². The number of benzene rings is 1. The summed E-state index contributed by atoms with van der Waals surface area (Å²) >= 11 is 0. The smallest absolute Gasteiger partial charge is 0.317 e. The highest BCUT2D eigenvalue weighted by atomic mass is 35.5. The van der Waals surface area contributed by atoms with Crippen molar-refractivity contribution in [3.8, 4) is 6.01 Å². The molecule has 0 N–H and O–H groups in total. The Morgan fingerprint density at radius 3 is 2.36 bits per heavy atom. The Labute approximate surface area is 173 Å². The van der Waals surface area contributed by atoms with E-state index >= 15 is 0 Å². The van der Waals surface area contributed by atoms with E-state index in [9.17, 15) is 4.79 Å². The minimum absolute atomic E-state index is 0. The van der Waals surface area contributed by atoms with Crippen LogP contribution in [0.3, 0.4) is 0 Å². The number of piperidine rings is 1. The maximum atomic E-state index is 12.5. The van der Waals surface area contributed by atoms with E-state index in [2.05, 4.69) is 39.1 Å². The van der Waals surface area contributed by atoms with Crippen molar-refractivity contribution >= 4 is 18.3 Å². The van der Waals surface area contributed by atoms with Gasteiger partial charge in [-0.1, -0.05) is 30.3 Å². The number of ether oxygens (including phenoxy) is 1. The molecule has 152 valence electrons. The molecule has 1 aromatic heterocycles. The van der Waals surface area contributed by atoms with Crippen LogP contribution >= 0.6 is 12.4 Å². The lowest BCUT2D eigenvalue weighted by Gasteiger charge is -2.36. The first-order chi connectivity index (χ1) is 13.0. The lowest BCUT2D eigenvalue weighted by atomic mass is 10.0. The number of nitrogens with zero attached hydrogens (tertiary/aromatic N) is 4. The van der Waals surface area contributed by atoms with Crippen LogP contribution in [0.1, 0.15) is 29.8 Å². The Hall–Kier alpha value is -2.18. The first-order valence-electron chi connectivity index (χ1n) is 9.48. The molecule has 1 aliphatic heterocycles. The predicted octanol–water partition coefficient (Wildman–Crippen LogP) is 3.02. The molecule has 0 atom stereocenters. The molecule has 0 radical (unpaired) electrons. The maximum absolute atomic E-state index is 12.5. The van der Waals surface area contributed by atoms with Gasteiger partial charge in [0.05, 0.1) is 0 Å². The van der Waals surface area contributed by atoms with Crippen molar-refractivity contribution in [1.82, 2.24) is 19.8 Å². The summed E-state index contributed by atoms with van der Waals surface area (Å²) in [6.07, 6.45) is 1.96. The number of likely N-dealkylation sites (N-methyl/N-ethyl adjacent to an activating group) is 1. The van der Waals surface area contributed by atoms with Crippen molar-refractivity contribution in [1.29, 1.82) is 0 Å². The fraction of sp³-hybridized carbons (Fsp3) is 0.476. The zero-order valence-electron chi connectivity index (χ0n) is 16.8. The molecule has 1 aliphatic rings. The van der Waals surface area contributed by atoms with Gasteiger partial charge in [-0.25, -0.2) is 9.97 Å². The molecule has 1 fully saturated rings. The molecule has 3 rings (SSSR count). The van der Waals surface area contributed by atoms with Crippen LogP contribution in [0.4, 0.5) is 0 Å². The predicted molar refractivity (Wildman–Crippen MR) is 112 cm³/mol. The van der Waals surface area contributed by atoms with Crippen LogP contribution in [0.15, 0.2) is 36.4 Å². The van der Waals surface area contributed by atoms with E-state index in [1.54, 1.807) is 0 Å². The summed E-state index contributed by atoms with van der Waals surface area (Å²) in [5, 5.41) is 0. The Morgan fingerprint density at radius 2 is 1.75 bits per heavy atom. The van der Waals surface area contributed by atoms with Crippen LogP contribution in [-0.2, 0) is 11.3 Å². The second-order valence-electron chi connectivity index (χ2n) is 7.22. The first-order valence-corrected chi connectivity index (χ1v) is 9.48. The van der Waals surface area contributed by atoms with E-state index in [1.165, 1.54) is 5.56 Å². The summed E-state index contributed by atoms with van der Waals surface area (Å²) < 4.78 is 5.52. The van der Waals surface area contributed by atoms with Crippen molar-refractivity contribution in [2.75, 3.05) is 26.7 Å². The van der Waals surface area contributed by atoms with E-state index in [4.69, 9.17) is 4.74 Å². The highest BCUT2D eigenvalue weighted by Gasteiger charge is 2.25. The highest BCUT2D eigenvalue weighted by molar-refractivity contribution is 5.85. The van der Waals surface area contributed by atoms with Gasteiger partial charge in [0.1, 0.15) is 0 Å². The largest absolute Gasteiger partial charge is 0.453 e. The molecule has 0 spiro atoms. The molecule has 0 bridgehead atoms. The Kier molecular flexibility index (Phi) is 8.20. The van der Waals surface area contributed by atoms with Crippen molar-refractivity contribution in [3.63, 3.8) is 0 Å². The molecular formula is C21H29ClN4O2. The summed E-state index contributed by atoms with van der Waals surface area (Å²) in [4.78, 5) is 25.2. The van der Waals surface area contributed by atoms with Gasteiger partial charge in [0, 0.05) is 44.1 Å². The van der Waals surface area contributed by atoms with Gasteiger partial charge in [0.15, 0.2) is 6.61 Å². The molecule has 6 nitrogen and oxygen atoms in total. The fourth-order valence-electron chi connectivity index (χ4n) is 3.50. The Balaban J connectivity index is 0.00000280. The summed E-state index contributed by atoms with van der Waals surface area (Å²) in [5.74, 6) is -0.0285. The average molecular weight is 405 g/mol. The molecule has 1 amide bonds. The van der Waals surface area contributed by atoms with Crippen molar-refractivity contribution in [2.24, 2.45) is 0 Å². The third-order valence-corrected chi connectivity index (χ3v) is 5.03. The van der Waals surface area contributed by atoms with Gasteiger partial charge in [0.25, 0.3) is 5.91 Å². The zero-order valence-corrected chi connectivity index (χ0v) is 17.6. The number of aromatic nitrogens is 2. The van der Waals surface area contributed by atoms with Gasteiger partial charge in [-0.15, -0.1) is 12.4 Å². The van der Waals surface area contributed by atoms with Crippen molar-refractivity contribution in [2.45, 2.75) is 39.3 Å². The third kappa shape index (κ3) is 6.17. The zero-order chi connectivity index (χ0) is 19.2. The van der Waals surface area contributed by atoms with Crippen LogP contribution in [0.5, 0.6) is 6.01 Å². The summed E-state index contributed by atoms with van der Waals surface area (Å²) in [7, 11) is 1.87. The van der Waals surface area contributed by atoms with E-state index in [1.807, 2.05) is 37.9 Å². The number of carbonyl (C=O) groups is 1. The fourth-order valence-corrected chi connectivity index (χ4v) is 3.50. The normalized spacial score (nSPS) is 15.0. The quantitative estimate of drug-likeness (QED) is 0.740. The van der Waals surface area contributed by atoms with Gasteiger partial charge < -0.3 is 9.64 Å². The third-order valence-electron chi connectivity index (χ3n) is 5.03. The average Bonchev–Trinajstić information content (AvgIpc) is 2.66. The van der Waals surface area contributed by atoms with Crippen LogP contribution in [-0.4, -0.2) is 58.5 Å². The molecule has 28 heavy (non-hydrogen) atoms. The standard InChI is InChI=1S/C21H28N4O2.ClH/c1-16-13-17(2)23-21(22-16)27-15-20(26)24(3)19-9-11-25(12-10-19)14-18-7-5-4-6-8-18;/h4-8,13,19H,9-12,14-15H2,1-3H3;1H. The molecule has 7 heteroatoms. The number of amides is 1. The van der Waals surface area contributed by atoms with E-state index < -0.39 is 0 Å². The molecular weight excluding hydrogens is 376 g/mol. The summed E-state index contributed by atoms with van der Waals surface area (Å²) in [5.41, 5.74) is 3.01. The summed E-state index contributed by atoms with van der Waals surface area (Å²) in [6, 6.07) is 12.9. The number of hydrogen-bond donors (Lipinski definition) is 0. The molecule has 2 aromatic rings. The highest BCUT2D eigenvalue weighted by Crippen LogP contribution is 2.18. The second kappa shape index (κ2) is 10.4. The first kappa shape index (κ1) is 22.1. The Morgan fingerprint density at radius 1 is 1.14 bits per heavy atom. The lowest BCUT2D eigenvalue weighted by Crippen LogP contribution is -2.46. The van der Waals surface area contributed by atoms with Gasteiger partial charge in [-0.3, -0.25) is 9.69 Å². The monoisotopic (exact) mass is 404 g/mol. The molecule has 2 heterocycles. The van der Waals surface area contributed by atoms with Crippen molar-refractivity contribution in [3.05, 3.63) is 53.3 Å². The minimum Gasteiger partial charge on any atom is -0.453 e. The van der Waals surface area contributed by atoms with Crippen molar-refractivity contribution < 1.29 is 9.53 Å². The van der Waals surface area contributed by atoms with Gasteiger partial charge in [-0.2, -0.15) is 0 Å². The molecule has 0 aliphatic carbocycles. The maximum Gasteiger partial charge on any atom is 0.317 e. The van der Waals surface area contributed by atoms with Gasteiger partial charge in [0.2, 0.25) is 0 Å². The number of likely N-dealkylation sites (tertiary alicyclic amines) is 1. The second-order valence-corrected chi connectivity index (χ2v) is 7.22. The minimum atomic E-state index is -0.0285. The SMILES string of the molecule is Cc1cc(C)nc(OCC(=O)N(C)C2CCN(Cc3ccccc3)CC2)n1.Cl. The van der Waals surface area contributed by atoms with Crippen LogP contribution in [0, 0.1) is 13.8 Å². The van der Waals surface area contributed by atoms with Crippen LogP contribution < -0.4 is 4.74 Å². The number of carbonyl (C=O) groups excluding carboxylic acids is 1. The van der Waals surface area contributed by atoms with Crippen LogP contribution in [0.2, 0.25) is 0 Å². The molecule has 1 aromatic carbocycles.